The van der Waals surface area contributed by atoms with Crippen LogP contribution >= 0.6 is 23.2 Å². The summed E-state index contributed by atoms with van der Waals surface area (Å²) in [7, 11) is 1.51. The van der Waals surface area contributed by atoms with E-state index in [0.717, 1.165) is 80.6 Å². The van der Waals surface area contributed by atoms with Gasteiger partial charge in [-0.15, -0.1) is 0 Å². The Bertz CT molecular complexity index is 2600. The monoisotopic (exact) mass is 928 g/mol. The molecule has 1 saturated carbocycles. The molecule has 0 radical (unpaired) electrons. The first kappa shape index (κ1) is 44.7. The van der Waals surface area contributed by atoms with Gasteiger partial charge in [0.25, 0.3) is 17.4 Å². The van der Waals surface area contributed by atoms with E-state index in [1.165, 1.54) is 7.05 Å². The Morgan fingerprint density at radius 1 is 0.969 bits per heavy atom. The van der Waals surface area contributed by atoms with E-state index < -0.39 is 11.9 Å². The molecule has 344 valence electrons. The van der Waals surface area contributed by atoms with E-state index in [1.807, 2.05) is 44.2 Å². The Morgan fingerprint density at radius 2 is 1.75 bits per heavy atom. The van der Waals surface area contributed by atoms with Crippen LogP contribution in [0.3, 0.4) is 0 Å². The topological polar surface area (TPSA) is 184 Å². The van der Waals surface area contributed by atoms with Gasteiger partial charge in [0, 0.05) is 93.1 Å². The summed E-state index contributed by atoms with van der Waals surface area (Å²) in [6.07, 6.45) is 6.21. The number of halogens is 2. The molecular formula is C46H54Cl2N10O7. The quantitative estimate of drug-likeness (QED) is 0.161. The second-order valence-corrected chi connectivity index (χ2v) is 18.7. The predicted molar refractivity (Wildman–Crippen MR) is 247 cm³/mol. The molecule has 1 aliphatic carbocycles. The number of anilines is 4. The Kier molecular flexibility index (Phi) is 12.7. The van der Waals surface area contributed by atoms with Crippen LogP contribution in [0.5, 0.6) is 5.75 Å². The smallest absolute Gasteiger partial charge is 0.293 e. The van der Waals surface area contributed by atoms with Gasteiger partial charge in [0.15, 0.2) is 18.2 Å². The highest BCUT2D eigenvalue weighted by molar-refractivity contribution is 6.35. The van der Waals surface area contributed by atoms with Crippen LogP contribution in [0.2, 0.25) is 10.0 Å². The molecule has 2 aromatic heterocycles. The number of nitrogens with zero attached hydrogens (tertiary/aromatic N) is 7. The zero-order chi connectivity index (χ0) is 45.7. The van der Waals surface area contributed by atoms with Gasteiger partial charge in [-0.1, -0.05) is 23.2 Å². The lowest BCUT2D eigenvalue weighted by Crippen LogP contribution is -2.59. The van der Waals surface area contributed by atoms with Crippen LogP contribution in [-0.4, -0.2) is 125 Å². The minimum atomic E-state index is -0.680. The summed E-state index contributed by atoms with van der Waals surface area (Å²) in [5.41, 5.74) is 3.29. The van der Waals surface area contributed by atoms with E-state index in [4.69, 9.17) is 37.7 Å². The van der Waals surface area contributed by atoms with E-state index in [0.29, 0.717) is 45.5 Å². The zero-order valence-corrected chi connectivity index (χ0v) is 38.5. The number of ether oxygens (including phenoxy) is 2. The lowest BCUT2D eigenvalue weighted by atomic mass is 9.86. The van der Waals surface area contributed by atoms with Gasteiger partial charge >= 0.3 is 0 Å². The highest BCUT2D eigenvalue weighted by Crippen LogP contribution is 2.40. The molecule has 6 heterocycles. The van der Waals surface area contributed by atoms with E-state index in [9.17, 15) is 24.0 Å². The van der Waals surface area contributed by atoms with Crippen molar-refractivity contribution in [1.29, 1.82) is 0 Å². The molecule has 17 nitrogen and oxygen atoms in total. The van der Waals surface area contributed by atoms with Crippen LogP contribution in [0.25, 0.3) is 10.9 Å². The van der Waals surface area contributed by atoms with Crippen molar-refractivity contribution in [3.63, 3.8) is 0 Å². The van der Waals surface area contributed by atoms with Crippen molar-refractivity contribution in [2.24, 2.45) is 0 Å². The van der Waals surface area contributed by atoms with Gasteiger partial charge in [0.05, 0.1) is 34.6 Å². The van der Waals surface area contributed by atoms with E-state index in [2.05, 4.69) is 42.6 Å². The summed E-state index contributed by atoms with van der Waals surface area (Å²) in [6, 6.07) is 10.9. The molecule has 4 aliphatic heterocycles. The number of pyridine rings is 1. The third kappa shape index (κ3) is 8.95. The Balaban J connectivity index is 0.756. The van der Waals surface area contributed by atoms with Crippen LogP contribution in [0.4, 0.5) is 23.1 Å². The molecule has 0 bridgehead atoms. The maximum Gasteiger partial charge on any atom is 0.293 e. The SMILES string of the molecule is CNC(=O)COc1cc2cc(Nc3nc(N4CCC(O[C@H]5C[C@H](N6CCN(c7ccc8c(c7Cl)CN(C7CCC(=O)NC7=O)C8=O)[C@H](C)C6)C5)CC4)ncc3Cl)ccc2n(C(C)C)c1=O. The zero-order valence-electron chi connectivity index (χ0n) is 36.9. The Hall–Kier alpha value is -5.49. The molecule has 5 aliphatic rings. The minimum Gasteiger partial charge on any atom is -0.478 e. The van der Waals surface area contributed by atoms with Gasteiger partial charge in [-0.2, -0.15) is 4.98 Å². The third-order valence-corrected chi connectivity index (χ3v) is 14.1. The first-order valence-electron chi connectivity index (χ1n) is 22.5. The van der Waals surface area contributed by atoms with Crippen molar-refractivity contribution in [2.45, 2.75) is 102 Å². The van der Waals surface area contributed by atoms with Gasteiger partial charge < -0.3 is 39.4 Å². The number of nitrogens with one attached hydrogen (secondary N) is 3. The number of carbonyl (C=O) groups is 4. The van der Waals surface area contributed by atoms with Crippen LogP contribution in [-0.2, 0) is 25.7 Å². The van der Waals surface area contributed by atoms with Gasteiger partial charge in [-0.3, -0.25) is 34.2 Å². The largest absolute Gasteiger partial charge is 0.478 e. The molecule has 0 spiro atoms. The highest BCUT2D eigenvalue weighted by atomic mass is 35.5. The number of benzene rings is 2. The van der Waals surface area contributed by atoms with E-state index >= 15 is 0 Å². The molecule has 3 saturated heterocycles. The first-order chi connectivity index (χ1) is 31.3. The van der Waals surface area contributed by atoms with Crippen molar-refractivity contribution in [3.05, 3.63) is 74.1 Å². The molecule has 9 rings (SSSR count). The number of fused-ring (bicyclic) bond motifs is 2. The highest BCUT2D eigenvalue weighted by Gasteiger charge is 2.42. The van der Waals surface area contributed by atoms with Crippen LogP contribution in [0.1, 0.15) is 81.3 Å². The summed E-state index contributed by atoms with van der Waals surface area (Å²) in [4.78, 5) is 80.7. The number of piperazine rings is 1. The molecule has 3 N–H and O–H groups in total. The maximum absolute atomic E-state index is 13.3. The van der Waals surface area contributed by atoms with Crippen LogP contribution < -0.4 is 36.0 Å². The number of likely N-dealkylation sites (N-methyl/N-ethyl adjacent to an activating group) is 1. The van der Waals surface area contributed by atoms with Gasteiger partial charge in [-0.05, 0) is 89.3 Å². The van der Waals surface area contributed by atoms with Gasteiger partial charge in [-0.25, -0.2) is 4.98 Å². The number of carbonyl (C=O) groups excluding carboxylic acids is 4. The Morgan fingerprint density at radius 3 is 2.48 bits per heavy atom. The summed E-state index contributed by atoms with van der Waals surface area (Å²) in [5.74, 6) is -0.173. The lowest BCUT2D eigenvalue weighted by molar-refractivity contribution is -0.137. The second-order valence-electron chi connectivity index (χ2n) is 17.9. The fourth-order valence-corrected chi connectivity index (χ4v) is 10.3. The maximum atomic E-state index is 13.3. The molecule has 4 fully saturated rings. The van der Waals surface area contributed by atoms with E-state index in [-0.39, 0.29) is 72.9 Å². The van der Waals surface area contributed by atoms with Crippen molar-refractivity contribution in [2.75, 3.05) is 61.5 Å². The fraction of sp³-hybridized carbons (Fsp3) is 0.500. The average Bonchev–Trinajstić information content (AvgIpc) is 3.61. The van der Waals surface area contributed by atoms with Crippen molar-refractivity contribution < 1.29 is 28.7 Å². The Labute approximate surface area is 386 Å². The number of rotatable bonds is 12. The van der Waals surface area contributed by atoms with Gasteiger partial charge in [0.2, 0.25) is 17.8 Å². The number of hydrogen-bond acceptors (Lipinski definition) is 13. The summed E-state index contributed by atoms with van der Waals surface area (Å²) in [5, 5.41) is 9.87. The molecule has 4 aromatic rings. The third-order valence-electron chi connectivity index (χ3n) is 13.4. The fourth-order valence-electron chi connectivity index (χ4n) is 9.86. The molecule has 2 aromatic carbocycles. The summed E-state index contributed by atoms with van der Waals surface area (Å²) < 4.78 is 13.9. The average molecular weight is 930 g/mol. The first-order valence-corrected chi connectivity index (χ1v) is 23.2. The molecule has 1 unspecified atom stereocenters. The number of hydrogen-bond donors (Lipinski definition) is 3. The van der Waals surface area contributed by atoms with Crippen molar-refractivity contribution in [3.8, 4) is 5.75 Å². The lowest BCUT2D eigenvalue weighted by Gasteiger charge is -2.50. The summed E-state index contributed by atoms with van der Waals surface area (Å²) >= 11 is 13.6. The molecule has 4 amide bonds. The van der Waals surface area contributed by atoms with Gasteiger partial charge in [0.1, 0.15) is 11.1 Å². The number of piperidine rings is 2. The number of imide groups is 1. The van der Waals surface area contributed by atoms with Crippen molar-refractivity contribution in [1.82, 2.24) is 35.0 Å². The molecule has 2 atom stereocenters. The van der Waals surface area contributed by atoms with Crippen LogP contribution in [0.15, 0.2) is 47.4 Å². The molecule has 19 heteroatoms. The van der Waals surface area contributed by atoms with Crippen molar-refractivity contribution >= 4 is 80.9 Å². The molecule has 65 heavy (non-hydrogen) atoms. The van der Waals surface area contributed by atoms with E-state index in [1.54, 1.807) is 21.7 Å². The standard InChI is InChI=1S/C46H54Cl2N10O7/c1-25(2)58-35-7-5-28(17-27(35)18-38(45(58)63)64-24-40(60)49-4)51-42-34(47)21-50-46(53-42)54-13-11-30(12-14-54)65-31-19-29(20-31)55-15-16-56(26(3)22-55)36-8-6-32-33(41(36)48)23-57(44(32)62)37-9-10-39(59)52-43(37)61/h5-8,17-18,21,25-26,29-31,37H,9-16,19-20,22-24H2,1-4H3,(H,49,60)(H,50,51,53)(H,52,59,61)/t26-,29-,31-,37?/m1/s1. The number of amides is 4. The predicted octanol–water partition coefficient (Wildman–Crippen LogP) is 5.04. The number of aromatic nitrogens is 3. The normalized spacial score (nSPS) is 22.9. The van der Waals surface area contributed by atoms with Crippen LogP contribution in [0, 0.1) is 0 Å². The summed E-state index contributed by atoms with van der Waals surface area (Å²) in [6.45, 7) is 10.1. The minimum absolute atomic E-state index is 0.0900. The second kappa shape index (κ2) is 18.4. The molecular weight excluding hydrogens is 875 g/mol.